The van der Waals surface area contributed by atoms with E-state index >= 15 is 0 Å². The van der Waals surface area contributed by atoms with Crippen LogP contribution in [0.15, 0.2) is 29.2 Å². The maximum Gasteiger partial charge on any atom is 0.389 e. The predicted octanol–water partition coefficient (Wildman–Crippen LogP) is 3.10. The fourth-order valence-electron chi connectivity index (χ4n) is 2.13. The van der Waals surface area contributed by atoms with Gasteiger partial charge in [0.2, 0.25) is 0 Å². The lowest BCUT2D eigenvalue weighted by Crippen LogP contribution is -2.48. The first-order valence-electron chi connectivity index (χ1n) is 6.41. The van der Waals surface area contributed by atoms with E-state index in [1.165, 1.54) is 0 Å². The first-order chi connectivity index (χ1) is 9.49. The third-order valence-electron chi connectivity index (χ3n) is 3.17. The molecule has 7 heteroatoms. The van der Waals surface area contributed by atoms with Crippen molar-refractivity contribution in [3.05, 3.63) is 24.3 Å². The van der Waals surface area contributed by atoms with E-state index in [9.17, 15) is 13.2 Å². The van der Waals surface area contributed by atoms with E-state index in [1.807, 2.05) is 24.3 Å². The molecule has 0 saturated heterocycles. The predicted molar refractivity (Wildman–Crippen MR) is 72.6 cm³/mol. The Kier molecular flexibility index (Phi) is 5.17. The van der Waals surface area contributed by atoms with Crippen LogP contribution < -0.4 is 16.0 Å². The van der Waals surface area contributed by atoms with Crippen LogP contribution in [0.5, 0.6) is 5.75 Å². The van der Waals surface area contributed by atoms with Gasteiger partial charge in [0.05, 0.1) is 6.04 Å². The molecule has 0 fully saturated rings. The summed E-state index contributed by atoms with van der Waals surface area (Å²) in [7, 11) is 0. The van der Waals surface area contributed by atoms with Gasteiger partial charge in [0, 0.05) is 17.1 Å². The van der Waals surface area contributed by atoms with E-state index in [4.69, 9.17) is 10.6 Å². The van der Waals surface area contributed by atoms with Crippen LogP contribution in [0, 0.1) is 0 Å². The molecule has 1 aromatic rings. The number of hydrogen-bond donors (Lipinski definition) is 2. The summed E-state index contributed by atoms with van der Waals surface area (Å²) in [5.74, 6) is 6.90. The van der Waals surface area contributed by atoms with E-state index in [0.29, 0.717) is 12.2 Å². The molecule has 0 saturated carbocycles. The molecule has 1 aromatic carbocycles. The maximum atomic E-state index is 12.2. The number of ether oxygens (including phenoxy) is 1. The van der Waals surface area contributed by atoms with E-state index in [0.717, 1.165) is 10.6 Å². The third-order valence-corrected chi connectivity index (χ3v) is 4.31. The van der Waals surface area contributed by atoms with Gasteiger partial charge in [-0.2, -0.15) is 13.2 Å². The fourth-order valence-corrected chi connectivity index (χ4v) is 3.21. The second kappa shape index (κ2) is 6.69. The number of alkyl halides is 3. The van der Waals surface area contributed by atoms with E-state index in [2.05, 4.69) is 5.43 Å². The van der Waals surface area contributed by atoms with Gasteiger partial charge in [0.15, 0.2) is 0 Å². The number of hydrazine groups is 1. The third kappa shape index (κ3) is 4.29. The molecule has 1 heterocycles. The molecule has 2 rings (SSSR count). The fraction of sp³-hybridized carbons (Fsp3) is 0.538. The number of fused-ring (bicyclic) bond motifs is 1. The molecule has 1 aliphatic heterocycles. The molecule has 0 amide bonds. The van der Waals surface area contributed by atoms with E-state index < -0.39 is 12.6 Å². The molecule has 1 aliphatic rings. The molecule has 0 aromatic heterocycles. The summed E-state index contributed by atoms with van der Waals surface area (Å²) in [6.45, 7) is 0. The number of halogens is 3. The zero-order chi connectivity index (χ0) is 14.6. The smallest absolute Gasteiger partial charge is 0.389 e. The molecule has 0 spiro atoms. The van der Waals surface area contributed by atoms with Gasteiger partial charge in [-0.1, -0.05) is 12.1 Å². The van der Waals surface area contributed by atoms with E-state index in [-0.39, 0.29) is 18.6 Å². The van der Waals surface area contributed by atoms with Crippen molar-refractivity contribution in [1.29, 1.82) is 0 Å². The zero-order valence-corrected chi connectivity index (χ0v) is 11.6. The Morgan fingerprint density at radius 3 is 2.85 bits per heavy atom. The quantitative estimate of drug-likeness (QED) is 0.648. The number of nitrogens with one attached hydrogen (secondary N) is 1. The summed E-state index contributed by atoms with van der Waals surface area (Å²) in [4.78, 5) is 1.05. The Balaban J connectivity index is 1.90. The number of hydrogen-bond acceptors (Lipinski definition) is 4. The Bertz CT molecular complexity index is 442. The highest BCUT2D eigenvalue weighted by Crippen LogP contribution is 2.36. The second-order valence-corrected chi connectivity index (χ2v) is 5.76. The van der Waals surface area contributed by atoms with Crippen molar-refractivity contribution < 1.29 is 17.9 Å². The molecular weight excluding hydrogens is 289 g/mol. The highest BCUT2D eigenvalue weighted by Gasteiger charge is 2.30. The summed E-state index contributed by atoms with van der Waals surface area (Å²) in [6, 6.07) is 7.34. The zero-order valence-electron chi connectivity index (χ0n) is 10.8. The van der Waals surface area contributed by atoms with Crippen LogP contribution in [-0.4, -0.2) is 24.1 Å². The number of thioether (sulfide) groups is 1. The van der Waals surface area contributed by atoms with Crippen molar-refractivity contribution in [1.82, 2.24) is 5.43 Å². The highest BCUT2D eigenvalue weighted by molar-refractivity contribution is 7.99. The van der Waals surface area contributed by atoms with Crippen molar-refractivity contribution in [2.45, 2.75) is 42.5 Å². The van der Waals surface area contributed by atoms with Gasteiger partial charge in [-0.05, 0) is 25.0 Å². The molecule has 3 nitrogen and oxygen atoms in total. The van der Waals surface area contributed by atoms with Gasteiger partial charge < -0.3 is 4.74 Å². The van der Waals surface area contributed by atoms with Gasteiger partial charge in [0.25, 0.3) is 0 Å². The van der Waals surface area contributed by atoms with Crippen LogP contribution in [0.25, 0.3) is 0 Å². The lowest BCUT2D eigenvalue weighted by Gasteiger charge is -2.31. The Labute approximate surface area is 120 Å². The molecular formula is C13H17F3N2OS. The van der Waals surface area contributed by atoms with Crippen LogP contribution in [0.1, 0.15) is 19.3 Å². The topological polar surface area (TPSA) is 47.3 Å². The minimum absolute atomic E-state index is 0.0462. The van der Waals surface area contributed by atoms with Crippen molar-refractivity contribution in [3.63, 3.8) is 0 Å². The van der Waals surface area contributed by atoms with Crippen LogP contribution >= 0.6 is 11.8 Å². The first-order valence-corrected chi connectivity index (χ1v) is 7.39. The number of para-hydroxylation sites is 1. The van der Waals surface area contributed by atoms with Crippen LogP contribution in [0.3, 0.4) is 0 Å². The summed E-state index contributed by atoms with van der Waals surface area (Å²) in [6.07, 6.45) is -4.74. The Morgan fingerprint density at radius 2 is 2.15 bits per heavy atom. The van der Waals surface area contributed by atoms with Gasteiger partial charge in [0.1, 0.15) is 11.9 Å². The summed E-state index contributed by atoms with van der Waals surface area (Å²) in [5, 5.41) is 0. The number of benzene rings is 1. The van der Waals surface area contributed by atoms with Crippen molar-refractivity contribution >= 4 is 11.8 Å². The minimum atomic E-state index is -4.12. The minimum Gasteiger partial charge on any atom is -0.487 e. The van der Waals surface area contributed by atoms with Gasteiger partial charge in [-0.15, -0.1) is 11.8 Å². The van der Waals surface area contributed by atoms with Crippen LogP contribution in [0.2, 0.25) is 0 Å². The number of nitrogens with two attached hydrogens (primary N) is 1. The van der Waals surface area contributed by atoms with Crippen molar-refractivity contribution in [2.24, 2.45) is 5.84 Å². The molecule has 3 N–H and O–H groups in total. The van der Waals surface area contributed by atoms with Gasteiger partial charge in [-0.25, -0.2) is 0 Å². The summed E-state index contributed by atoms with van der Waals surface area (Å²) < 4.78 is 42.3. The van der Waals surface area contributed by atoms with Gasteiger partial charge >= 0.3 is 6.18 Å². The van der Waals surface area contributed by atoms with Crippen molar-refractivity contribution in [2.75, 3.05) is 5.75 Å². The lowest BCUT2D eigenvalue weighted by atomic mass is 10.1. The van der Waals surface area contributed by atoms with E-state index in [1.54, 1.807) is 11.8 Å². The number of rotatable bonds is 5. The highest BCUT2D eigenvalue weighted by atomic mass is 32.2. The molecule has 0 radical (unpaired) electrons. The normalized spacial score (nSPS) is 20.1. The molecule has 0 bridgehead atoms. The molecule has 20 heavy (non-hydrogen) atoms. The Morgan fingerprint density at radius 1 is 1.40 bits per heavy atom. The van der Waals surface area contributed by atoms with Crippen molar-refractivity contribution in [3.8, 4) is 5.75 Å². The molecule has 2 unspecified atom stereocenters. The second-order valence-electron chi connectivity index (χ2n) is 4.69. The molecule has 112 valence electrons. The summed E-state index contributed by atoms with van der Waals surface area (Å²) >= 11 is 1.64. The average molecular weight is 306 g/mol. The van der Waals surface area contributed by atoms with Gasteiger partial charge in [-0.3, -0.25) is 11.3 Å². The summed E-state index contributed by atoms with van der Waals surface area (Å²) in [5.41, 5.74) is 2.58. The SMILES string of the molecule is NNC(CCCC(F)(F)F)C1CSc2ccccc2O1. The van der Waals surface area contributed by atoms with Crippen LogP contribution in [0.4, 0.5) is 13.2 Å². The largest absolute Gasteiger partial charge is 0.487 e. The monoisotopic (exact) mass is 306 g/mol. The maximum absolute atomic E-state index is 12.2. The first kappa shape index (κ1) is 15.5. The molecule has 2 atom stereocenters. The average Bonchev–Trinajstić information content (AvgIpc) is 2.42. The molecule has 0 aliphatic carbocycles. The lowest BCUT2D eigenvalue weighted by molar-refractivity contribution is -0.136. The van der Waals surface area contributed by atoms with Crippen LogP contribution in [-0.2, 0) is 0 Å². The Hall–Kier alpha value is -0.920. The standard InChI is InChI=1S/C13H17F3N2OS/c14-13(15,16)7-3-4-9(18-17)11-8-20-12-6-2-1-5-10(12)19-11/h1-2,5-6,9,11,18H,3-4,7-8,17H2.